The Labute approximate surface area is 251 Å². The Morgan fingerprint density at radius 3 is 1.91 bits per heavy atom. The van der Waals surface area contributed by atoms with E-state index < -0.39 is 0 Å². The van der Waals surface area contributed by atoms with Crippen LogP contribution in [0.5, 0.6) is 0 Å². The van der Waals surface area contributed by atoms with Gasteiger partial charge in [-0.2, -0.15) is 0 Å². The fraction of sp³-hybridized carbons (Fsp3) is 0. The minimum Gasteiger partial charge on any atom is -0.244 e. The van der Waals surface area contributed by atoms with Crippen LogP contribution in [-0.2, 0) is 0 Å². The van der Waals surface area contributed by atoms with Crippen LogP contribution >= 0.6 is 11.3 Å². The SMILES string of the molecule is c1ccc(-c2cccc(-c3nc(-c4nc5ccccc5c5ccc6c7ccccc7sc6c45)nc4ccccc34)c2)cc1. The molecule has 0 spiro atoms. The molecule has 0 aliphatic heterocycles. The summed E-state index contributed by atoms with van der Waals surface area (Å²) in [6.07, 6.45) is 0. The molecule has 0 atom stereocenters. The van der Waals surface area contributed by atoms with Crippen molar-refractivity contribution in [3.8, 4) is 33.9 Å². The third-order valence-corrected chi connectivity index (χ3v) is 9.47. The molecule has 0 radical (unpaired) electrons. The van der Waals surface area contributed by atoms with Gasteiger partial charge in [-0.15, -0.1) is 11.3 Å². The van der Waals surface area contributed by atoms with Crippen LogP contribution in [0.1, 0.15) is 0 Å². The molecule has 0 amide bonds. The number of aromatic nitrogens is 3. The number of pyridine rings is 1. The molecular weight excluding hydrogens is 543 g/mol. The molecule has 0 fully saturated rings. The van der Waals surface area contributed by atoms with Gasteiger partial charge < -0.3 is 0 Å². The van der Waals surface area contributed by atoms with Crippen molar-refractivity contribution in [2.75, 3.05) is 0 Å². The maximum Gasteiger partial charge on any atom is 0.180 e. The number of benzene rings is 6. The van der Waals surface area contributed by atoms with Crippen LogP contribution < -0.4 is 0 Å². The zero-order valence-electron chi connectivity index (χ0n) is 23.0. The highest BCUT2D eigenvalue weighted by atomic mass is 32.1. The standard InChI is InChI=1S/C39H23N3S/c1-2-11-24(12-3-1)25-13-10-14-26(23-25)36-31-17-5-8-19-33(31)41-39(42-36)37-35-29(27-15-4-7-18-32(27)40-37)21-22-30-28-16-6-9-20-34(28)43-38(30)35/h1-23H. The summed E-state index contributed by atoms with van der Waals surface area (Å²) in [4.78, 5) is 15.8. The van der Waals surface area contributed by atoms with Crippen LogP contribution in [0.4, 0.5) is 0 Å². The van der Waals surface area contributed by atoms with Crippen molar-refractivity contribution in [3.05, 3.63) is 140 Å². The first-order valence-corrected chi connectivity index (χ1v) is 15.2. The van der Waals surface area contributed by atoms with Crippen molar-refractivity contribution in [2.45, 2.75) is 0 Å². The first-order chi connectivity index (χ1) is 21.3. The van der Waals surface area contributed by atoms with Crippen molar-refractivity contribution in [2.24, 2.45) is 0 Å². The average molecular weight is 566 g/mol. The number of para-hydroxylation sites is 2. The topological polar surface area (TPSA) is 38.7 Å². The van der Waals surface area contributed by atoms with Gasteiger partial charge in [0.05, 0.1) is 16.7 Å². The Kier molecular flexibility index (Phi) is 5.37. The number of thiophene rings is 1. The molecule has 9 rings (SSSR count). The molecule has 3 aromatic heterocycles. The summed E-state index contributed by atoms with van der Waals surface area (Å²) >= 11 is 1.82. The van der Waals surface area contributed by atoms with Gasteiger partial charge in [0.1, 0.15) is 5.69 Å². The molecule has 3 nitrogen and oxygen atoms in total. The van der Waals surface area contributed by atoms with E-state index in [1.165, 1.54) is 31.1 Å². The second-order valence-electron chi connectivity index (χ2n) is 10.8. The van der Waals surface area contributed by atoms with E-state index in [0.717, 1.165) is 49.7 Å². The molecule has 0 saturated carbocycles. The molecule has 9 aromatic rings. The van der Waals surface area contributed by atoms with Gasteiger partial charge in [-0.1, -0.05) is 115 Å². The Balaban J connectivity index is 1.38. The van der Waals surface area contributed by atoms with Crippen molar-refractivity contribution >= 4 is 64.1 Å². The van der Waals surface area contributed by atoms with Crippen molar-refractivity contribution in [3.63, 3.8) is 0 Å². The van der Waals surface area contributed by atoms with Gasteiger partial charge in [0, 0.05) is 41.9 Å². The molecule has 6 aromatic carbocycles. The van der Waals surface area contributed by atoms with Crippen LogP contribution in [-0.4, -0.2) is 15.0 Å². The lowest BCUT2D eigenvalue weighted by Gasteiger charge is -2.13. The normalized spacial score (nSPS) is 11.7. The molecule has 200 valence electrons. The van der Waals surface area contributed by atoms with E-state index in [2.05, 4.69) is 121 Å². The van der Waals surface area contributed by atoms with Gasteiger partial charge in [0.2, 0.25) is 0 Å². The fourth-order valence-electron chi connectivity index (χ4n) is 6.26. The highest BCUT2D eigenvalue weighted by Gasteiger charge is 2.20. The molecule has 43 heavy (non-hydrogen) atoms. The van der Waals surface area contributed by atoms with Gasteiger partial charge in [0.15, 0.2) is 5.82 Å². The zero-order valence-corrected chi connectivity index (χ0v) is 23.8. The van der Waals surface area contributed by atoms with Crippen molar-refractivity contribution in [1.82, 2.24) is 15.0 Å². The summed E-state index contributed by atoms with van der Waals surface area (Å²) < 4.78 is 2.48. The van der Waals surface area contributed by atoms with E-state index in [1.54, 1.807) is 0 Å². The Hall–Kier alpha value is -5.45. The zero-order chi connectivity index (χ0) is 28.3. The van der Waals surface area contributed by atoms with E-state index in [1.807, 2.05) is 29.5 Å². The number of nitrogens with zero attached hydrogens (tertiary/aromatic N) is 3. The molecule has 4 heteroatoms. The van der Waals surface area contributed by atoms with Crippen molar-refractivity contribution in [1.29, 1.82) is 0 Å². The number of fused-ring (bicyclic) bond motifs is 8. The van der Waals surface area contributed by atoms with Crippen LogP contribution in [0.3, 0.4) is 0 Å². The second kappa shape index (κ2) is 9.55. The fourth-order valence-corrected chi connectivity index (χ4v) is 7.52. The van der Waals surface area contributed by atoms with E-state index in [0.29, 0.717) is 5.82 Å². The van der Waals surface area contributed by atoms with Crippen LogP contribution in [0.15, 0.2) is 140 Å². The summed E-state index contributed by atoms with van der Waals surface area (Å²) in [6, 6.07) is 48.9. The average Bonchev–Trinajstić information content (AvgIpc) is 3.47. The minimum absolute atomic E-state index is 0.638. The third kappa shape index (κ3) is 3.84. The lowest BCUT2D eigenvalue weighted by atomic mass is 9.99. The predicted octanol–water partition coefficient (Wildman–Crippen LogP) is 10.7. The molecule has 0 aliphatic carbocycles. The summed E-state index contributed by atoms with van der Waals surface area (Å²) in [5.74, 6) is 0.638. The van der Waals surface area contributed by atoms with Crippen LogP contribution in [0, 0.1) is 0 Å². The first-order valence-electron chi connectivity index (χ1n) is 14.4. The molecule has 0 aliphatic rings. The molecule has 3 heterocycles. The van der Waals surface area contributed by atoms with E-state index in [9.17, 15) is 0 Å². The molecular formula is C39H23N3S. The van der Waals surface area contributed by atoms with Gasteiger partial charge >= 0.3 is 0 Å². The summed E-state index contributed by atoms with van der Waals surface area (Å²) in [6.45, 7) is 0. The number of rotatable bonds is 3. The number of hydrogen-bond donors (Lipinski definition) is 0. The highest BCUT2D eigenvalue weighted by Crippen LogP contribution is 2.43. The Morgan fingerprint density at radius 2 is 1.05 bits per heavy atom. The van der Waals surface area contributed by atoms with E-state index in [-0.39, 0.29) is 0 Å². The van der Waals surface area contributed by atoms with E-state index >= 15 is 0 Å². The lowest BCUT2D eigenvalue weighted by molar-refractivity contribution is 1.20. The highest BCUT2D eigenvalue weighted by molar-refractivity contribution is 7.26. The maximum absolute atomic E-state index is 5.32. The van der Waals surface area contributed by atoms with Crippen molar-refractivity contribution < 1.29 is 0 Å². The monoisotopic (exact) mass is 565 g/mol. The largest absolute Gasteiger partial charge is 0.244 e. The van der Waals surface area contributed by atoms with Gasteiger partial charge in [0.25, 0.3) is 0 Å². The summed E-state index contributed by atoms with van der Waals surface area (Å²) in [7, 11) is 0. The van der Waals surface area contributed by atoms with Crippen LogP contribution in [0.25, 0.3) is 86.7 Å². The van der Waals surface area contributed by atoms with Gasteiger partial charge in [-0.3, -0.25) is 0 Å². The second-order valence-corrected chi connectivity index (χ2v) is 11.9. The quantitative estimate of drug-likeness (QED) is 0.200. The first kappa shape index (κ1) is 24.2. The van der Waals surface area contributed by atoms with Crippen LogP contribution in [0.2, 0.25) is 0 Å². The third-order valence-electron chi connectivity index (χ3n) is 8.27. The molecule has 0 N–H and O–H groups in total. The lowest BCUT2D eigenvalue weighted by Crippen LogP contribution is -1.98. The molecule has 0 unspecified atom stereocenters. The van der Waals surface area contributed by atoms with E-state index in [4.69, 9.17) is 15.0 Å². The van der Waals surface area contributed by atoms with Gasteiger partial charge in [-0.05, 0) is 40.8 Å². The summed E-state index contributed by atoms with van der Waals surface area (Å²) in [5, 5.41) is 6.94. The minimum atomic E-state index is 0.638. The number of hydrogen-bond acceptors (Lipinski definition) is 4. The maximum atomic E-state index is 5.32. The summed E-state index contributed by atoms with van der Waals surface area (Å²) in [5.41, 5.74) is 6.95. The van der Waals surface area contributed by atoms with Gasteiger partial charge in [-0.25, -0.2) is 15.0 Å². The Bertz CT molecular complexity index is 2510. The molecule has 0 bridgehead atoms. The molecule has 0 saturated heterocycles. The predicted molar refractivity (Wildman–Crippen MR) is 182 cm³/mol. The smallest absolute Gasteiger partial charge is 0.180 e. The Morgan fingerprint density at radius 1 is 0.395 bits per heavy atom.